The van der Waals surface area contributed by atoms with Crippen LogP contribution in [-0.4, -0.2) is 0 Å². The molecule has 0 fully saturated rings. The molecule has 0 N–H and O–H groups in total. The topological polar surface area (TPSA) is 3.24 Å². The molecule has 7 aromatic carbocycles. The summed E-state index contributed by atoms with van der Waals surface area (Å²) in [5.41, 5.74) is 11.9. The van der Waals surface area contributed by atoms with Gasteiger partial charge < -0.3 is 4.90 Å². The van der Waals surface area contributed by atoms with Gasteiger partial charge in [0, 0.05) is 22.3 Å². The van der Waals surface area contributed by atoms with Crippen molar-refractivity contribution >= 4 is 27.8 Å². The standard InChI is InChI=1S/C41H31N/c1-30-16-18-36(19-17-30)40-29-24-35-14-8-9-15-39(35)41(40)42(37-25-20-33(21-26-37)31-10-4-2-5-11-31)38-27-22-34(23-28-38)32-12-6-3-7-13-32/h2-29H,1H3. The second kappa shape index (κ2) is 11.2. The van der Waals surface area contributed by atoms with Crippen LogP contribution < -0.4 is 4.90 Å². The molecular formula is C41H31N. The quantitative estimate of drug-likeness (QED) is 0.204. The maximum Gasteiger partial charge on any atom is 0.0618 e. The Morgan fingerprint density at radius 2 is 0.810 bits per heavy atom. The first-order valence-electron chi connectivity index (χ1n) is 14.4. The highest BCUT2D eigenvalue weighted by Crippen LogP contribution is 2.45. The summed E-state index contributed by atoms with van der Waals surface area (Å²) in [6, 6.07) is 61.1. The number of aryl methyl sites for hydroxylation is 1. The van der Waals surface area contributed by atoms with Gasteiger partial charge in [-0.3, -0.25) is 0 Å². The molecule has 42 heavy (non-hydrogen) atoms. The number of hydrogen-bond donors (Lipinski definition) is 0. The SMILES string of the molecule is Cc1ccc(-c2ccc3ccccc3c2N(c2ccc(-c3ccccc3)cc2)c2ccc(-c3ccccc3)cc2)cc1. The molecule has 0 saturated carbocycles. The van der Waals surface area contributed by atoms with Crippen LogP contribution in [0.2, 0.25) is 0 Å². The van der Waals surface area contributed by atoms with E-state index in [1.165, 1.54) is 55.4 Å². The smallest absolute Gasteiger partial charge is 0.0618 e. The van der Waals surface area contributed by atoms with Gasteiger partial charge in [0.25, 0.3) is 0 Å². The zero-order valence-corrected chi connectivity index (χ0v) is 23.6. The maximum absolute atomic E-state index is 2.42. The Labute approximate surface area is 248 Å². The van der Waals surface area contributed by atoms with E-state index in [0.717, 1.165) is 11.4 Å². The molecule has 0 heterocycles. The van der Waals surface area contributed by atoms with Crippen LogP contribution in [0.5, 0.6) is 0 Å². The molecule has 0 amide bonds. The van der Waals surface area contributed by atoms with E-state index < -0.39 is 0 Å². The number of nitrogens with zero attached hydrogens (tertiary/aromatic N) is 1. The van der Waals surface area contributed by atoms with E-state index in [-0.39, 0.29) is 0 Å². The first-order chi connectivity index (χ1) is 20.7. The van der Waals surface area contributed by atoms with Crippen molar-refractivity contribution in [2.75, 3.05) is 4.90 Å². The van der Waals surface area contributed by atoms with E-state index >= 15 is 0 Å². The average molecular weight is 538 g/mol. The normalized spacial score (nSPS) is 11.0. The number of anilines is 3. The zero-order chi connectivity index (χ0) is 28.3. The molecular weight excluding hydrogens is 506 g/mol. The lowest BCUT2D eigenvalue weighted by atomic mass is 9.95. The van der Waals surface area contributed by atoms with Gasteiger partial charge in [-0.25, -0.2) is 0 Å². The lowest BCUT2D eigenvalue weighted by molar-refractivity contribution is 1.30. The Kier molecular flexibility index (Phi) is 6.84. The second-order valence-corrected chi connectivity index (χ2v) is 10.7. The first-order valence-corrected chi connectivity index (χ1v) is 14.4. The molecule has 0 bridgehead atoms. The lowest BCUT2D eigenvalue weighted by Crippen LogP contribution is -2.12. The van der Waals surface area contributed by atoms with Crippen LogP contribution >= 0.6 is 0 Å². The molecule has 7 aromatic rings. The predicted molar refractivity (Wildman–Crippen MR) is 180 cm³/mol. The summed E-state index contributed by atoms with van der Waals surface area (Å²) in [5.74, 6) is 0. The highest BCUT2D eigenvalue weighted by Gasteiger charge is 2.20. The molecule has 0 aromatic heterocycles. The second-order valence-electron chi connectivity index (χ2n) is 10.7. The summed E-state index contributed by atoms with van der Waals surface area (Å²) in [4.78, 5) is 2.42. The fourth-order valence-electron chi connectivity index (χ4n) is 5.74. The zero-order valence-electron chi connectivity index (χ0n) is 23.6. The van der Waals surface area contributed by atoms with E-state index in [9.17, 15) is 0 Å². The van der Waals surface area contributed by atoms with Crippen LogP contribution in [0.15, 0.2) is 170 Å². The number of fused-ring (bicyclic) bond motifs is 1. The molecule has 0 aliphatic heterocycles. The fraction of sp³-hybridized carbons (Fsp3) is 0.0244. The highest BCUT2D eigenvalue weighted by molar-refractivity contribution is 6.06. The molecule has 1 heteroatoms. The van der Waals surface area contributed by atoms with Crippen molar-refractivity contribution in [1.82, 2.24) is 0 Å². The van der Waals surface area contributed by atoms with Crippen LogP contribution in [0.4, 0.5) is 17.1 Å². The number of benzene rings is 7. The largest absolute Gasteiger partial charge is 0.309 e. The summed E-state index contributed by atoms with van der Waals surface area (Å²) in [7, 11) is 0. The minimum Gasteiger partial charge on any atom is -0.309 e. The van der Waals surface area contributed by atoms with Gasteiger partial charge in [-0.05, 0) is 64.4 Å². The summed E-state index contributed by atoms with van der Waals surface area (Å²) in [5, 5.41) is 2.44. The Morgan fingerprint density at radius 3 is 1.36 bits per heavy atom. The van der Waals surface area contributed by atoms with Gasteiger partial charge in [-0.15, -0.1) is 0 Å². The van der Waals surface area contributed by atoms with Gasteiger partial charge in [-0.1, -0.05) is 151 Å². The van der Waals surface area contributed by atoms with Crippen LogP contribution in [0.1, 0.15) is 5.56 Å². The van der Waals surface area contributed by atoms with Crippen LogP contribution in [0.3, 0.4) is 0 Å². The summed E-state index contributed by atoms with van der Waals surface area (Å²) in [6.45, 7) is 2.14. The van der Waals surface area contributed by atoms with Crippen molar-refractivity contribution < 1.29 is 0 Å². The molecule has 200 valence electrons. The van der Waals surface area contributed by atoms with E-state index in [2.05, 4.69) is 182 Å². The van der Waals surface area contributed by atoms with Gasteiger partial charge in [0.15, 0.2) is 0 Å². The molecule has 0 spiro atoms. The van der Waals surface area contributed by atoms with Gasteiger partial charge >= 0.3 is 0 Å². The van der Waals surface area contributed by atoms with Crippen molar-refractivity contribution in [3.8, 4) is 33.4 Å². The Bertz CT molecular complexity index is 1860. The van der Waals surface area contributed by atoms with E-state index in [4.69, 9.17) is 0 Å². The molecule has 0 atom stereocenters. The molecule has 0 aliphatic rings. The first kappa shape index (κ1) is 25.6. The Hall–Kier alpha value is -5.40. The average Bonchev–Trinajstić information content (AvgIpc) is 3.07. The Morgan fingerprint density at radius 1 is 0.357 bits per heavy atom. The van der Waals surface area contributed by atoms with Crippen molar-refractivity contribution in [2.24, 2.45) is 0 Å². The third-order valence-electron chi connectivity index (χ3n) is 7.95. The predicted octanol–water partition coefficient (Wildman–Crippen LogP) is 11.6. The molecule has 0 saturated heterocycles. The molecule has 7 rings (SSSR count). The third-order valence-corrected chi connectivity index (χ3v) is 7.95. The van der Waals surface area contributed by atoms with Gasteiger partial charge in [0.1, 0.15) is 0 Å². The van der Waals surface area contributed by atoms with Crippen LogP contribution in [0.25, 0.3) is 44.2 Å². The fourth-order valence-corrected chi connectivity index (χ4v) is 5.74. The third kappa shape index (κ3) is 4.98. The van der Waals surface area contributed by atoms with Crippen LogP contribution in [0, 0.1) is 6.92 Å². The lowest BCUT2D eigenvalue weighted by Gasteiger charge is -2.30. The number of rotatable bonds is 6. The van der Waals surface area contributed by atoms with Gasteiger partial charge in [-0.2, -0.15) is 0 Å². The van der Waals surface area contributed by atoms with Crippen molar-refractivity contribution in [3.63, 3.8) is 0 Å². The van der Waals surface area contributed by atoms with Crippen LogP contribution in [-0.2, 0) is 0 Å². The highest BCUT2D eigenvalue weighted by atomic mass is 15.1. The Balaban J connectivity index is 1.44. The van der Waals surface area contributed by atoms with Crippen molar-refractivity contribution in [2.45, 2.75) is 6.92 Å². The minimum absolute atomic E-state index is 1.12. The number of hydrogen-bond acceptors (Lipinski definition) is 1. The molecule has 0 aliphatic carbocycles. The van der Waals surface area contributed by atoms with E-state index in [1.807, 2.05) is 0 Å². The van der Waals surface area contributed by atoms with Gasteiger partial charge in [0.05, 0.1) is 5.69 Å². The summed E-state index contributed by atoms with van der Waals surface area (Å²) >= 11 is 0. The summed E-state index contributed by atoms with van der Waals surface area (Å²) in [6.07, 6.45) is 0. The van der Waals surface area contributed by atoms with Gasteiger partial charge in [0.2, 0.25) is 0 Å². The van der Waals surface area contributed by atoms with E-state index in [0.29, 0.717) is 0 Å². The summed E-state index contributed by atoms with van der Waals surface area (Å²) < 4.78 is 0. The molecule has 0 radical (unpaired) electrons. The molecule has 0 unspecified atom stereocenters. The van der Waals surface area contributed by atoms with E-state index in [1.54, 1.807) is 0 Å². The van der Waals surface area contributed by atoms with Crippen molar-refractivity contribution in [1.29, 1.82) is 0 Å². The van der Waals surface area contributed by atoms with Crippen molar-refractivity contribution in [3.05, 3.63) is 175 Å². The minimum atomic E-state index is 1.12. The molecule has 1 nitrogen and oxygen atoms in total. The maximum atomic E-state index is 2.42. The monoisotopic (exact) mass is 537 g/mol.